The fourth-order valence-electron chi connectivity index (χ4n) is 2.84. The largest absolute Gasteiger partial charge is 0.281 e. The molecule has 0 spiro atoms. The van der Waals surface area contributed by atoms with Gasteiger partial charge in [-0.25, -0.2) is 9.66 Å². The summed E-state index contributed by atoms with van der Waals surface area (Å²) in [4.78, 5) is 35.5. The molecule has 27 heavy (non-hydrogen) atoms. The number of aryl methyl sites for hydroxylation is 1. The number of amides is 1. The fraction of sp³-hybridized carbons (Fsp3) is 0.0526. The van der Waals surface area contributed by atoms with E-state index in [9.17, 15) is 9.59 Å². The first-order valence-corrected chi connectivity index (χ1v) is 9.63. The number of benzene rings is 1. The van der Waals surface area contributed by atoms with Crippen LogP contribution in [0.25, 0.3) is 21.3 Å². The lowest BCUT2D eigenvalue weighted by Crippen LogP contribution is -2.33. The Hall–Kier alpha value is -2.84. The molecule has 0 bridgehead atoms. The number of fused-ring (bicyclic) bond motifs is 1. The number of rotatable bonds is 3. The van der Waals surface area contributed by atoms with Crippen molar-refractivity contribution >= 4 is 43.4 Å². The van der Waals surface area contributed by atoms with Gasteiger partial charge in [0, 0.05) is 27.3 Å². The van der Waals surface area contributed by atoms with E-state index in [2.05, 4.69) is 31.3 Å². The predicted octanol–water partition coefficient (Wildman–Crippen LogP) is 3.97. The molecule has 0 fully saturated rings. The van der Waals surface area contributed by atoms with Gasteiger partial charge in [0.25, 0.3) is 11.5 Å². The Bertz CT molecular complexity index is 1220. The van der Waals surface area contributed by atoms with Crippen LogP contribution in [0.5, 0.6) is 0 Å². The average molecular weight is 441 g/mol. The van der Waals surface area contributed by atoms with Gasteiger partial charge < -0.3 is 0 Å². The van der Waals surface area contributed by atoms with Crippen LogP contribution >= 0.6 is 27.3 Å². The van der Waals surface area contributed by atoms with Crippen molar-refractivity contribution in [2.75, 3.05) is 5.43 Å². The Morgan fingerprint density at radius 3 is 2.74 bits per heavy atom. The summed E-state index contributed by atoms with van der Waals surface area (Å²) in [5.41, 5.74) is 4.39. The SMILES string of the molecule is Cc1sc2ncn(NC(=O)c3cncc(Br)c3)c(=O)c2c1-c1ccccc1. The molecular weight excluding hydrogens is 428 g/mol. The minimum Gasteiger partial charge on any atom is -0.267 e. The molecule has 134 valence electrons. The van der Waals surface area contributed by atoms with Crippen molar-refractivity contribution in [3.05, 3.63) is 80.4 Å². The van der Waals surface area contributed by atoms with Crippen molar-refractivity contribution in [1.82, 2.24) is 14.6 Å². The van der Waals surface area contributed by atoms with Gasteiger partial charge in [0.1, 0.15) is 11.2 Å². The standard InChI is InChI=1S/C19H13BrN4O2S/c1-11-15(12-5-3-2-4-6-12)16-18(27-11)22-10-24(19(16)26)23-17(25)13-7-14(20)9-21-8-13/h2-10H,1H3,(H,23,25). The number of carbonyl (C=O) groups is 1. The highest BCUT2D eigenvalue weighted by atomic mass is 79.9. The highest BCUT2D eigenvalue weighted by Crippen LogP contribution is 2.35. The highest BCUT2D eigenvalue weighted by Gasteiger charge is 2.18. The molecule has 0 aliphatic rings. The van der Waals surface area contributed by atoms with Crippen molar-refractivity contribution in [1.29, 1.82) is 0 Å². The normalized spacial score (nSPS) is 10.9. The van der Waals surface area contributed by atoms with Gasteiger partial charge >= 0.3 is 0 Å². The summed E-state index contributed by atoms with van der Waals surface area (Å²) in [7, 11) is 0. The second-order valence-corrected chi connectivity index (χ2v) is 7.95. The van der Waals surface area contributed by atoms with Gasteiger partial charge in [-0.15, -0.1) is 11.3 Å². The van der Waals surface area contributed by atoms with Gasteiger partial charge in [0.05, 0.1) is 10.9 Å². The van der Waals surface area contributed by atoms with Crippen LogP contribution in [0.2, 0.25) is 0 Å². The molecule has 0 aliphatic heterocycles. The minimum absolute atomic E-state index is 0.320. The van der Waals surface area contributed by atoms with Crippen molar-refractivity contribution in [2.45, 2.75) is 6.92 Å². The van der Waals surface area contributed by atoms with Crippen LogP contribution in [0.3, 0.4) is 0 Å². The van der Waals surface area contributed by atoms with Crippen LogP contribution in [0.1, 0.15) is 15.2 Å². The van der Waals surface area contributed by atoms with Crippen LogP contribution in [0.15, 0.2) is 64.4 Å². The number of carbonyl (C=O) groups excluding carboxylic acids is 1. The van der Waals surface area contributed by atoms with Gasteiger partial charge in [-0.05, 0) is 34.5 Å². The summed E-state index contributed by atoms with van der Waals surface area (Å²) in [5, 5.41) is 0.499. The van der Waals surface area contributed by atoms with E-state index in [0.29, 0.717) is 20.3 Å². The molecule has 3 aromatic heterocycles. The first-order valence-electron chi connectivity index (χ1n) is 8.02. The Kier molecular flexibility index (Phi) is 4.59. The molecule has 6 nitrogen and oxygen atoms in total. The number of hydrogen-bond donors (Lipinski definition) is 1. The van der Waals surface area contributed by atoms with Gasteiger partial charge in [-0.3, -0.25) is 20.0 Å². The lowest BCUT2D eigenvalue weighted by atomic mass is 10.0. The van der Waals surface area contributed by atoms with E-state index in [0.717, 1.165) is 20.7 Å². The highest BCUT2D eigenvalue weighted by molar-refractivity contribution is 9.10. The maximum Gasteiger partial charge on any atom is 0.281 e. The predicted molar refractivity (Wildman–Crippen MR) is 110 cm³/mol. The molecule has 1 N–H and O–H groups in total. The van der Waals surface area contributed by atoms with E-state index in [-0.39, 0.29) is 5.56 Å². The molecule has 8 heteroatoms. The molecule has 1 aromatic carbocycles. The zero-order valence-electron chi connectivity index (χ0n) is 14.1. The lowest BCUT2D eigenvalue weighted by molar-refractivity contribution is 0.101. The molecule has 4 rings (SSSR count). The van der Waals surface area contributed by atoms with Crippen LogP contribution < -0.4 is 11.0 Å². The van der Waals surface area contributed by atoms with Crippen LogP contribution in [0.4, 0.5) is 0 Å². The van der Waals surface area contributed by atoms with Crippen molar-refractivity contribution in [3.8, 4) is 11.1 Å². The summed E-state index contributed by atoms with van der Waals surface area (Å²) in [6.45, 7) is 1.96. The summed E-state index contributed by atoms with van der Waals surface area (Å²) >= 11 is 4.74. The number of hydrogen-bond acceptors (Lipinski definition) is 5. The Balaban J connectivity index is 1.81. The fourth-order valence-corrected chi connectivity index (χ4v) is 4.21. The maximum atomic E-state index is 13.1. The van der Waals surface area contributed by atoms with Gasteiger partial charge in [0.15, 0.2) is 0 Å². The van der Waals surface area contributed by atoms with E-state index in [1.165, 1.54) is 23.9 Å². The molecule has 0 saturated heterocycles. The third-order valence-corrected chi connectivity index (χ3v) is 5.49. The van der Waals surface area contributed by atoms with Gasteiger partial charge in [-0.2, -0.15) is 0 Å². The first kappa shape index (κ1) is 17.6. The molecule has 3 heterocycles. The van der Waals surface area contributed by atoms with Crippen molar-refractivity contribution in [3.63, 3.8) is 0 Å². The molecular formula is C19H13BrN4O2S. The van der Waals surface area contributed by atoms with Crippen molar-refractivity contribution in [2.24, 2.45) is 0 Å². The van der Waals surface area contributed by atoms with Gasteiger partial charge in [-0.1, -0.05) is 30.3 Å². The Morgan fingerprint density at radius 2 is 2.00 bits per heavy atom. The molecule has 0 aliphatic carbocycles. The van der Waals surface area contributed by atoms with E-state index in [1.54, 1.807) is 12.3 Å². The second kappa shape index (κ2) is 7.05. The van der Waals surface area contributed by atoms with E-state index in [4.69, 9.17) is 0 Å². The van der Waals surface area contributed by atoms with E-state index in [1.807, 2.05) is 37.3 Å². The summed E-state index contributed by atoms with van der Waals surface area (Å²) in [5.74, 6) is -0.444. The summed E-state index contributed by atoms with van der Waals surface area (Å²) in [6, 6.07) is 11.3. The van der Waals surface area contributed by atoms with E-state index < -0.39 is 5.91 Å². The summed E-state index contributed by atoms with van der Waals surface area (Å²) < 4.78 is 1.79. The van der Waals surface area contributed by atoms with Gasteiger partial charge in [0.2, 0.25) is 0 Å². The molecule has 1 amide bonds. The first-order chi connectivity index (χ1) is 13.0. The number of pyridine rings is 1. The monoisotopic (exact) mass is 440 g/mol. The number of nitrogens with one attached hydrogen (secondary N) is 1. The number of aromatic nitrogens is 3. The van der Waals surface area contributed by atoms with Crippen LogP contribution in [-0.4, -0.2) is 20.6 Å². The second-order valence-electron chi connectivity index (χ2n) is 5.83. The molecule has 4 aromatic rings. The quantitative estimate of drug-likeness (QED) is 0.522. The number of nitrogens with zero attached hydrogens (tertiary/aromatic N) is 3. The third kappa shape index (κ3) is 3.29. The Morgan fingerprint density at radius 1 is 1.22 bits per heavy atom. The van der Waals surface area contributed by atoms with Crippen molar-refractivity contribution < 1.29 is 4.79 Å². The lowest BCUT2D eigenvalue weighted by Gasteiger charge is -2.08. The maximum absolute atomic E-state index is 13.1. The molecule has 0 atom stereocenters. The number of halogens is 1. The summed E-state index contributed by atoms with van der Waals surface area (Å²) in [6.07, 6.45) is 4.34. The zero-order valence-corrected chi connectivity index (χ0v) is 16.5. The third-order valence-electron chi connectivity index (χ3n) is 4.04. The minimum atomic E-state index is -0.444. The van der Waals surface area contributed by atoms with Crippen LogP contribution in [0, 0.1) is 6.92 Å². The smallest absolute Gasteiger partial charge is 0.267 e. The average Bonchev–Trinajstić information content (AvgIpc) is 3.01. The molecule has 0 unspecified atom stereocenters. The Labute approximate surface area is 166 Å². The zero-order chi connectivity index (χ0) is 19.0. The van der Waals surface area contributed by atoms with Crippen LogP contribution in [-0.2, 0) is 0 Å². The van der Waals surface area contributed by atoms with E-state index >= 15 is 0 Å². The number of thiophene rings is 1. The molecule has 0 saturated carbocycles. The topological polar surface area (TPSA) is 76.9 Å². The molecule has 0 radical (unpaired) electrons.